The Kier molecular flexibility index (Phi) is 4.11. The zero-order chi connectivity index (χ0) is 14.0. The number of ketones is 1. The van der Waals surface area contributed by atoms with Crippen LogP contribution in [0.4, 0.5) is 5.69 Å². The second kappa shape index (κ2) is 5.21. The highest BCUT2D eigenvalue weighted by atomic mass is 16.5. The smallest absolute Gasteiger partial charge is 0.293 e. The van der Waals surface area contributed by atoms with E-state index >= 15 is 0 Å². The van der Waals surface area contributed by atoms with Crippen molar-refractivity contribution in [2.24, 2.45) is 0 Å². The third-order valence-electron chi connectivity index (χ3n) is 3.10. The molecular formula is C14H19NO3. The highest BCUT2D eigenvalue weighted by molar-refractivity contribution is 6.40. The molecule has 1 aromatic carbocycles. The van der Waals surface area contributed by atoms with Crippen LogP contribution in [0.5, 0.6) is 5.75 Å². The zero-order valence-electron chi connectivity index (χ0n) is 11.7. The highest BCUT2D eigenvalue weighted by Crippen LogP contribution is 2.36. The third-order valence-corrected chi connectivity index (χ3v) is 3.10. The zero-order valence-corrected chi connectivity index (χ0v) is 11.7. The molecule has 0 aliphatic heterocycles. The monoisotopic (exact) mass is 249 g/mol. The number of Topliss-reactive ketones (excluding diaryl/α,β-unsaturated/α-hetero) is 1. The molecule has 98 valence electrons. The van der Waals surface area contributed by atoms with E-state index in [9.17, 15) is 9.59 Å². The van der Waals surface area contributed by atoms with E-state index in [1.54, 1.807) is 14.2 Å². The Hall–Kier alpha value is -1.84. The van der Waals surface area contributed by atoms with E-state index in [4.69, 9.17) is 4.74 Å². The molecule has 0 radical (unpaired) electrons. The van der Waals surface area contributed by atoms with Crippen LogP contribution in [0.25, 0.3) is 0 Å². The fourth-order valence-electron chi connectivity index (χ4n) is 2.04. The van der Waals surface area contributed by atoms with E-state index in [0.29, 0.717) is 11.4 Å². The maximum absolute atomic E-state index is 11.8. The molecule has 0 aliphatic carbocycles. The molecule has 0 fully saturated rings. The maximum Gasteiger partial charge on any atom is 0.293 e. The number of likely N-dealkylation sites (N-methyl/N-ethyl adjacent to an activating group) is 1. The third kappa shape index (κ3) is 2.37. The van der Waals surface area contributed by atoms with Crippen molar-refractivity contribution in [1.82, 2.24) is 0 Å². The standard InChI is InChI=1S/C14H19NO3/c1-8-7-9(2)12(13(18-6)10(8)3)15(5)14(17)11(4)16/h7H,1-6H3. The molecule has 4 nitrogen and oxygen atoms in total. The molecule has 0 N–H and O–H groups in total. The summed E-state index contributed by atoms with van der Waals surface area (Å²) in [5.41, 5.74) is 3.63. The van der Waals surface area contributed by atoms with Crippen LogP contribution in [0.15, 0.2) is 6.07 Å². The number of rotatable bonds is 3. The summed E-state index contributed by atoms with van der Waals surface area (Å²) in [6, 6.07) is 1.98. The van der Waals surface area contributed by atoms with Crippen LogP contribution in [0, 0.1) is 20.8 Å². The second-order valence-electron chi connectivity index (χ2n) is 4.44. The molecule has 1 aromatic rings. The molecule has 1 amide bonds. The molecule has 0 saturated carbocycles. The topological polar surface area (TPSA) is 46.6 Å². The van der Waals surface area contributed by atoms with Gasteiger partial charge in [-0.05, 0) is 37.5 Å². The summed E-state index contributed by atoms with van der Waals surface area (Å²) in [5, 5.41) is 0. The van der Waals surface area contributed by atoms with Crippen molar-refractivity contribution in [2.75, 3.05) is 19.1 Å². The van der Waals surface area contributed by atoms with Crippen LogP contribution in [-0.2, 0) is 9.59 Å². The molecule has 4 heteroatoms. The van der Waals surface area contributed by atoms with Gasteiger partial charge in [0.15, 0.2) is 0 Å². The van der Waals surface area contributed by atoms with Crippen LogP contribution in [0.3, 0.4) is 0 Å². The van der Waals surface area contributed by atoms with Gasteiger partial charge in [-0.1, -0.05) is 6.07 Å². The van der Waals surface area contributed by atoms with Crippen LogP contribution in [0.1, 0.15) is 23.6 Å². The normalized spacial score (nSPS) is 10.1. The largest absolute Gasteiger partial charge is 0.494 e. The lowest BCUT2D eigenvalue weighted by Crippen LogP contribution is -2.32. The number of benzene rings is 1. The molecule has 0 bridgehead atoms. The number of aryl methyl sites for hydroxylation is 2. The molecule has 0 spiro atoms. The van der Waals surface area contributed by atoms with Crippen LogP contribution < -0.4 is 9.64 Å². The van der Waals surface area contributed by atoms with E-state index < -0.39 is 11.7 Å². The van der Waals surface area contributed by atoms with Crippen LogP contribution >= 0.6 is 0 Å². The Bertz CT molecular complexity index is 506. The van der Waals surface area contributed by atoms with Gasteiger partial charge in [0.25, 0.3) is 5.91 Å². The molecule has 0 aliphatic rings. The molecule has 0 atom stereocenters. The van der Waals surface area contributed by atoms with Gasteiger partial charge < -0.3 is 9.64 Å². The highest BCUT2D eigenvalue weighted by Gasteiger charge is 2.22. The lowest BCUT2D eigenvalue weighted by Gasteiger charge is -2.23. The van der Waals surface area contributed by atoms with Crippen molar-refractivity contribution >= 4 is 17.4 Å². The lowest BCUT2D eigenvalue weighted by molar-refractivity contribution is -0.134. The van der Waals surface area contributed by atoms with Gasteiger partial charge in [0, 0.05) is 14.0 Å². The number of hydrogen-bond donors (Lipinski definition) is 0. The molecule has 0 heterocycles. The summed E-state index contributed by atoms with van der Waals surface area (Å²) < 4.78 is 5.38. The summed E-state index contributed by atoms with van der Waals surface area (Å²) in [5.74, 6) is -0.388. The number of hydrogen-bond acceptors (Lipinski definition) is 3. The van der Waals surface area contributed by atoms with E-state index in [1.807, 2.05) is 26.8 Å². The van der Waals surface area contributed by atoms with Crippen molar-refractivity contribution in [3.05, 3.63) is 22.8 Å². The first-order valence-electron chi connectivity index (χ1n) is 5.74. The minimum atomic E-state index is -0.542. The first-order valence-corrected chi connectivity index (χ1v) is 5.74. The first-order chi connectivity index (χ1) is 8.31. The Morgan fingerprint density at radius 2 is 1.72 bits per heavy atom. The number of amides is 1. The van der Waals surface area contributed by atoms with Gasteiger partial charge in [-0.2, -0.15) is 0 Å². The first kappa shape index (κ1) is 14.2. The minimum absolute atomic E-state index is 0.489. The van der Waals surface area contributed by atoms with Gasteiger partial charge in [0.05, 0.1) is 12.8 Å². The molecule has 0 saturated heterocycles. The van der Waals surface area contributed by atoms with Gasteiger partial charge in [-0.3, -0.25) is 9.59 Å². The number of methoxy groups -OCH3 is 1. The fraction of sp³-hybridized carbons (Fsp3) is 0.429. The fourth-order valence-corrected chi connectivity index (χ4v) is 2.04. The number of carbonyl (C=O) groups is 2. The lowest BCUT2D eigenvalue weighted by atomic mass is 10.0. The number of nitrogens with zero attached hydrogens (tertiary/aromatic N) is 1. The van der Waals surface area contributed by atoms with Crippen molar-refractivity contribution < 1.29 is 14.3 Å². The Morgan fingerprint density at radius 1 is 1.17 bits per heavy atom. The molecule has 18 heavy (non-hydrogen) atoms. The number of carbonyl (C=O) groups excluding carboxylic acids is 2. The van der Waals surface area contributed by atoms with Gasteiger partial charge in [-0.15, -0.1) is 0 Å². The predicted molar refractivity (Wildman–Crippen MR) is 71.3 cm³/mol. The van der Waals surface area contributed by atoms with Crippen molar-refractivity contribution in [1.29, 1.82) is 0 Å². The minimum Gasteiger partial charge on any atom is -0.494 e. The Morgan fingerprint density at radius 3 is 2.17 bits per heavy atom. The van der Waals surface area contributed by atoms with Crippen molar-refractivity contribution in [2.45, 2.75) is 27.7 Å². The van der Waals surface area contributed by atoms with E-state index in [-0.39, 0.29) is 0 Å². The van der Waals surface area contributed by atoms with Crippen LogP contribution in [-0.4, -0.2) is 25.8 Å². The molecule has 1 rings (SSSR count). The molecular weight excluding hydrogens is 230 g/mol. The average Bonchev–Trinajstić information content (AvgIpc) is 2.31. The summed E-state index contributed by atoms with van der Waals surface area (Å²) in [6.45, 7) is 7.08. The van der Waals surface area contributed by atoms with Crippen molar-refractivity contribution in [3.8, 4) is 5.75 Å². The van der Waals surface area contributed by atoms with Gasteiger partial charge >= 0.3 is 0 Å². The summed E-state index contributed by atoms with van der Waals surface area (Å²) >= 11 is 0. The number of ether oxygens (including phenoxy) is 1. The Balaban J connectivity index is 3.44. The quantitative estimate of drug-likeness (QED) is 0.771. The van der Waals surface area contributed by atoms with Crippen LogP contribution in [0.2, 0.25) is 0 Å². The Labute approximate surface area is 108 Å². The van der Waals surface area contributed by atoms with E-state index in [0.717, 1.165) is 16.7 Å². The van der Waals surface area contributed by atoms with Gasteiger partial charge in [-0.25, -0.2) is 0 Å². The van der Waals surface area contributed by atoms with Gasteiger partial charge in [0.2, 0.25) is 5.78 Å². The SMILES string of the molecule is COc1c(C)c(C)cc(C)c1N(C)C(=O)C(C)=O. The summed E-state index contributed by atoms with van der Waals surface area (Å²) in [6.07, 6.45) is 0. The summed E-state index contributed by atoms with van der Waals surface area (Å²) in [7, 11) is 3.15. The second-order valence-corrected chi connectivity index (χ2v) is 4.44. The van der Waals surface area contributed by atoms with E-state index in [1.165, 1.54) is 11.8 Å². The van der Waals surface area contributed by atoms with Crippen molar-refractivity contribution in [3.63, 3.8) is 0 Å². The predicted octanol–water partition coefficient (Wildman–Crippen LogP) is 2.17. The van der Waals surface area contributed by atoms with E-state index in [2.05, 4.69) is 0 Å². The average molecular weight is 249 g/mol. The summed E-state index contributed by atoms with van der Waals surface area (Å²) in [4.78, 5) is 24.3. The maximum atomic E-state index is 11.8. The van der Waals surface area contributed by atoms with Gasteiger partial charge in [0.1, 0.15) is 5.75 Å². The molecule has 0 unspecified atom stereocenters. The molecule has 0 aromatic heterocycles. The number of anilines is 1.